The van der Waals surface area contributed by atoms with E-state index in [1.165, 1.54) is 11.3 Å². The quantitative estimate of drug-likeness (QED) is 0.636. The highest BCUT2D eigenvalue weighted by atomic mass is 35.5. The number of benzene rings is 1. The lowest BCUT2D eigenvalue weighted by Gasteiger charge is -2.28. The molecule has 5 rings (SSSR count). The molecule has 0 radical (unpaired) electrons. The van der Waals surface area contributed by atoms with E-state index < -0.39 is 0 Å². The summed E-state index contributed by atoms with van der Waals surface area (Å²) in [6.07, 6.45) is 7.86. The van der Waals surface area contributed by atoms with Crippen LogP contribution in [0.2, 0.25) is 5.02 Å². The van der Waals surface area contributed by atoms with Crippen molar-refractivity contribution in [1.29, 1.82) is 0 Å². The van der Waals surface area contributed by atoms with Gasteiger partial charge in [0.25, 0.3) is 0 Å². The monoisotopic (exact) mass is 437 g/mol. The van der Waals surface area contributed by atoms with E-state index in [4.69, 9.17) is 16.3 Å². The first kappa shape index (κ1) is 20.5. The third-order valence-electron chi connectivity index (χ3n) is 6.39. The number of rotatable bonds is 5. The Morgan fingerprint density at radius 3 is 2.74 bits per heavy atom. The first-order valence-corrected chi connectivity index (χ1v) is 11.6. The fraction of sp³-hybridized carbons (Fsp3) is 0.458. The fourth-order valence-electron chi connectivity index (χ4n) is 4.94. The van der Waals surface area contributed by atoms with Crippen molar-refractivity contribution in [2.45, 2.75) is 63.5 Å². The van der Waals surface area contributed by atoms with E-state index in [1.807, 2.05) is 24.3 Å². The van der Waals surface area contributed by atoms with Crippen molar-refractivity contribution < 1.29 is 4.74 Å². The maximum Gasteiger partial charge on any atom is 0.213 e. The Kier molecular flexibility index (Phi) is 5.92. The van der Waals surface area contributed by atoms with Crippen molar-refractivity contribution in [3.8, 4) is 11.6 Å². The number of hydrogen-bond acceptors (Lipinski definition) is 5. The Labute approximate surface area is 188 Å². The van der Waals surface area contributed by atoms with Crippen molar-refractivity contribution >= 4 is 11.6 Å². The van der Waals surface area contributed by atoms with Crippen LogP contribution in [0, 0.1) is 0 Å². The summed E-state index contributed by atoms with van der Waals surface area (Å²) in [4.78, 5) is 4.30. The summed E-state index contributed by atoms with van der Waals surface area (Å²) < 4.78 is 8.39. The number of pyridine rings is 1. The van der Waals surface area contributed by atoms with Gasteiger partial charge >= 0.3 is 0 Å². The van der Waals surface area contributed by atoms with Crippen molar-refractivity contribution in [3.05, 3.63) is 64.8 Å². The third-order valence-corrected chi connectivity index (χ3v) is 6.63. The van der Waals surface area contributed by atoms with Gasteiger partial charge in [-0.2, -0.15) is 0 Å². The molecule has 1 fully saturated rings. The van der Waals surface area contributed by atoms with Gasteiger partial charge in [0, 0.05) is 35.7 Å². The number of nitrogens with one attached hydrogen (secondary N) is 1. The molecule has 162 valence electrons. The van der Waals surface area contributed by atoms with E-state index >= 15 is 0 Å². The summed E-state index contributed by atoms with van der Waals surface area (Å²) in [5.74, 6) is 3.20. The second-order valence-electron chi connectivity index (χ2n) is 8.51. The zero-order valence-electron chi connectivity index (χ0n) is 17.8. The highest BCUT2D eigenvalue weighted by Gasteiger charge is 2.31. The van der Waals surface area contributed by atoms with Gasteiger partial charge in [0.2, 0.25) is 5.88 Å². The number of likely N-dealkylation sites (N-methyl/N-ethyl adjacent to an activating group) is 1. The van der Waals surface area contributed by atoms with Crippen molar-refractivity contribution in [2.24, 2.45) is 0 Å². The molecule has 6 nitrogen and oxygen atoms in total. The maximum absolute atomic E-state index is 6.35. The Balaban J connectivity index is 1.39. The predicted octanol–water partition coefficient (Wildman–Crippen LogP) is 4.50. The molecule has 7 heteroatoms. The molecule has 0 bridgehead atoms. The van der Waals surface area contributed by atoms with Crippen molar-refractivity contribution in [1.82, 2.24) is 25.1 Å². The van der Waals surface area contributed by atoms with E-state index in [9.17, 15) is 0 Å². The van der Waals surface area contributed by atoms with E-state index in [0.717, 1.165) is 61.7 Å². The first-order valence-electron chi connectivity index (χ1n) is 11.2. The zero-order valence-corrected chi connectivity index (χ0v) is 18.6. The SMILES string of the molecule is CCNC1Cc2cc(Cl)ccc2-n2c(nnc2[C@H]2CC[C@H](Oc3ccccn3)CC2)C1. The molecule has 0 spiro atoms. The molecule has 2 aromatic heterocycles. The molecule has 0 saturated heterocycles. The van der Waals surface area contributed by atoms with Gasteiger partial charge in [0.1, 0.15) is 17.8 Å². The molecule has 3 heterocycles. The third kappa shape index (κ3) is 4.32. The average molecular weight is 438 g/mol. The van der Waals surface area contributed by atoms with Crippen LogP contribution in [-0.2, 0) is 12.8 Å². The predicted molar refractivity (Wildman–Crippen MR) is 121 cm³/mol. The zero-order chi connectivity index (χ0) is 21.2. The van der Waals surface area contributed by atoms with Crippen LogP contribution in [0.15, 0.2) is 42.6 Å². The summed E-state index contributed by atoms with van der Waals surface area (Å²) in [6, 6.07) is 12.3. The highest BCUT2D eigenvalue weighted by Crippen LogP contribution is 2.36. The number of aromatic nitrogens is 4. The number of fused-ring (bicyclic) bond motifs is 3. The molecule has 3 aromatic rings. The van der Waals surface area contributed by atoms with Gasteiger partial charge in [0.05, 0.1) is 5.69 Å². The van der Waals surface area contributed by atoms with Gasteiger partial charge in [-0.15, -0.1) is 10.2 Å². The van der Waals surface area contributed by atoms with E-state index in [2.05, 4.69) is 44.1 Å². The van der Waals surface area contributed by atoms with Crippen LogP contribution in [0.25, 0.3) is 5.69 Å². The van der Waals surface area contributed by atoms with Crippen LogP contribution in [-0.4, -0.2) is 38.4 Å². The number of hydrogen-bond donors (Lipinski definition) is 1. The van der Waals surface area contributed by atoms with Gasteiger partial charge in [-0.25, -0.2) is 4.98 Å². The normalized spacial score (nSPS) is 23.0. The summed E-state index contributed by atoms with van der Waals surface area (Å²) in [5, 5.41) is 13.7. The van der Waals surface area contributed by atoms with Crippen LogP contribution in [0.4, 0.5) is 0 Å². The topological polar surface area (TPSA) is 64.9 Å². The van der Waals surface area contributed by atoms with E-state index in [-0.39, 0.29) is 6.10 Å². The molecule has 1 aliphatic carbocycles. The number of nitrogens with zero attached hydrogens (tertiary/aromatic N) is 4. The molecule has 1 aromatic carbocycles. The van der Waals surface area contributed by atoms with Crippen molar-refractivity contribution in [2.75, 3.05) is 6.54 Å². The van der Waals surface area contributed by atoms with Crippen LogP contribution < -0.4 is 10.1 Å². The molecule has 1 atom stereocenters. The first-order chi connectivity index (χ1) is 15.2. The van der Waals surface area contributed by atoms with Crippen molar-refractivity contribution in [3.63, 3.8) is 0 Å². The van der Waals surface area contributed by atoms with Gasteiger partial charge in [-0.3, -0.25) is 4.57 Å². The van der Waals surface area contributed by atoms with Crippen LogP contribution in [0.1, 0.15) is 55.7 Å². The second kappa shape index (κ2) is 8.97. The Hall–Kier alpha value is -2.44. The molecule has 31 heavy (non-hydrogen) atoms. The summed E-state index contributed by atoms with van der Waals surface area (Å²) >= 11 is 6.35. The summed E-state index contributed by atoms with van der Waals surface area (Å²) in [7, 11) is 0. The minimum Gasteiger partial charge on any atom is -0.474 e. The number of ether oxygens (including phenoxy) is 1. The molecule has 0 amide bonds. The van der Waals surface area contributed by atoms with Gasteiger partial charge < -0.3 is 10.1 Å². The number of halogens is 1. The standard InChI is InChI=1S/C24H28ClN5O/c1-2-26-19-14-17-13-18(25)8-11-21(17)30-22(15-19)28-29-24(30)16-6-9-20(10-7-16)31-23-5-3-4-12-27-23/h3-5,8,11-13,16,19-20,26H,2,6-7,9-10,14-15H2,1H3/t16-,19?,20-. The summed E-state index contributed by atoms with van der Waals surface area (Å²) in [5.41, 5.74) is 2.43. The molecule has 2 aliphatic rings. The lowest BCUT2D eigenvalue weighted by molar-refractivity contribution is 0.139. The van der Waals surface area contributed by atoms with Crippen LogP contribution in [0.5, 0.6) is 5.88 Å². The van der Waals surface area contributed by atoms with E-state index in [1.54, 1.807) is 6.20 Å². The molecule has 1 N–H and O–H groups in total. The lowest BCUT2D eigenvalue weighted by Crippen LogP contribution is -2.32. The van der Waals surface area contributed by atoms with Crippen LogP contribution >= 0.6 is 11.6 Å². The van der Waals surface area contributed by atoms with Gasteiger partial charge in [0.15, 0.2) is 0 Å². The smallest absolute Gasteiger partial charge is 0.213 e. The Bertz CT molecular complexity index is 1030. The Morgan fingerprint density at radius 2 is 1.97 bits per heavy atom. The lowest BCUT2D eigenvalue weighted by atomic mass is 9.86. The molecular formula is C24H28ClN5O. The molecule has 1 saturated carbocycles. The Morgan fingerprint density at radius 1 is 1.10 bits per heavy atom. The van der Waals surface area contributed by atoms with Gasteiger partial charge in [-0.1, -0.05) is 24.6 Å². The molecular weight excluding hydrogens is 410 g/mol. The molecule has 1 unspecified atom stereocenters. The molecule has 1 aliphatic heterocycles. The minimum absolute atomic E-state index is 0.210. The highest BCUT2D eigenvalue weighted by molar-refractivity contribution is 6.30. The van der Waals surface area contributed by atoms with Gasteiger partial charge in [-0.05, 0) is 68.5 Å². The maximum atomic E-state index is 6.35. The fourth-order valence-corrected chi connectivity index (χ4v) is 5.14. The second-order valence-corrected chi connectivity index (χ2v) is 8.94. The van der Waals surface area contributed by atoms with E-state index in [0.29, 0.717) is 17.8 Å². The van der Waals surface area contributed by atoms with Crippen LogP contribution in [0.3, 0.4) is 0 Å². The largest absolute Gasteiger partial charge is 0.474 e. The average Bonchev–Trinajstić information content (AvgIpc) is 3.12. The summed E-state index contributed by atoms with van der Waals surface area (Å²) in [6.45, 7) is 3.08. The minimum atomic E-state index is 0.210.